The van der Waals surface area contributed by atoms with Gasteiger partial charge < -0.3 is 19.7 Å². The highest BCUT2D eigenvalue weighted by molar-refractivity contribution is 5.97. The van der Waals surface area contributed by atoms with Gasteiger partial charge in [0.15, 0.2) is 11.5 Å². The molecule has 144 valence electrons. The van der Waals surface area contributed by atoms with Gasteiger partial charge in [0, 0.05) is 0 Å². The minimum absolute atomic E-state index is 0.0688. The van der Waals surface area contributed by atoms with E-state index >= 15 is 0 Å². The molecule has 0 heterocycles. The first-order chi connectivity index (χ1) is 13.0. The fourth-order valence-electron chi connectivity index (χ4n) is 2.79. The third-order valence-corrected chi connectivity index (χ3v) is 4.20. The summed E-state index contributed by atoms with van der Waals surface area (Å²) in [7, 11) is 1.35. The molecular formula is C21H24O6. The summed E-state index contributed by atoms with van der Waals surface area (Å²) in [5.41, 5.74) is 0.955. The third kappa shape index (κ3) is 6.02. The first kappa shape index (κ1) is 20.3. The highest BCUT2D eigenvalue weighted by atomic mass is 16.5. The summed E-state index contributed by atoms with van der Waals surface area (Å²) in [6, 6.07) is 12.7. The molecule has 0 aliphatic heterocycles. The van der Waals surface area contributed by atoms with Crippen LogP contribution in [0.5, 0.6) is 11.5 Å². The second kappa shape index (κ2) is 10.2. The van der Waals surface area contributed by atoms with Crippen molar-refractivity contribution in [2.24, 2.45) is 0 Å². The van der Waals surface area contributed by atoms with E-state index in [9.17, 15) is 14.7 Å². The summed E-state index contributed by atoms with van der Waals surface area (Å²) in [5, 5.41) is 18.4. The molecule has 0 bridgehead atoms. The number of carboxylic acid groups (broad SMARTS) is 2. The molecule has 0 unspecified atom stereocenters. The molecule has 0 saturated heterocycles. The number of rotatable bonds is 11. The standard InChI is InChI=1S/C21H24O6/c1-26-18-14-16(20(22)23)13-17(21(24)25)19(18)27-12-8-3-2-5-9-15-10-6-4-7-11-15/h4,6-7,10-11,13-14H,2-3,5,8-9,12H2,1H3,(H,22,23)(H,24,25). The largest absolute Gasteiger partial charge is 0.493 e. The van der Waals surface area contributed by atoms with Crippen molar-refractivity contribution in [3.05, 3.63) is 59.2 Å². The van der Waals surface area contributed by atoms with Crippen LogP contribution in [0, 0.1) is 0 Å². The lowest BCUT2D eigenvalue weighted by Gasteiger charge is -2.14. The topological polar surface area (TPSA) is 93.1 Å². The van der Waals surface area contributed by atoms with E-state index < -0.39 is 11.9 Å². The van der Waals surface area contributed by atoms with Crippen molar-refractivity contribution in [3.63, 3.8) is 0 Å². The number of ether oxygens (including phenoxy) is 2. The summed E-state index contributed by atoms with van der Waals surface area (Å²) in [6.45, 7) is 0.342. The van der Waals surface area contributed by atoms with Crippen molar-refractivity contribution in [1.29, 1.82) is 0 Å². The maximum atomic E-state index is 11.4. The molecule has 0 saturated carbocycles. The van der Waals surface area contributed by atoms with Gasteiger partial charge in [0.1, 0.15) is 5.56 Å². The fourth-order valence-corrected chi connectivity index (χ4v) is 2.79. The number of unbranched alkanes of at least 4 members (excludes halogenated alkanes) is 3. The van der Waals surface area contributed by atoms with Crippen molar-refractivity contribution >= 4 is 11.9 Å². The minimum atomic E-state index is -1.26. The molecule has 0 aliphatic carbocycles. The number of aromatic carboxylic acids is 2. The van der Waals surface area contributed by atoms with Gasteiger partial charge in [-0.3, -0.25) is 0 Å². The van der Waals surface area contributed by atoms with Crippen LogP contribution >= 0.6 is 0 Å². The smallest absolute Gasteiger partial charge is 0.339 e. The van der Waals surface area contributed by atoms with Crippen molar-refractivity contribution < 1.29 is 29.3 Å². The van der Waals surface area contributed by atoms with E-state index in [1.54, 1.807) is 0 Å². The molecule has 0 amide bonds. The third-order valence-electron chi connectivity index (χ3n) is 4.20. The van der Waals surface area contributed by atoms with Crippen LogP contribution in [0.1, 0.15) is 52.0 Å². The summed E-state index contributed by atoms with van der Waals surface area (Å²) in [5.74, 6) is -2.30. The van der Waals surface area contributed by atoms with E-state index in [0.29, 0.717) is 6.61 Å². The predicted octanol–water partition coefficient (Wildman–Crippen LogP) is 4.27. The highest BCUT2D eigenvalue weighted by Gasteiger charge is 2.20. The second-order valence-electron chi connectivity index (χ2n) is 6.16. The Morgan fingerprint density at radius 1 is 0.926 bits per heavy atom. The molecule has 2 N–H and O–H groups in total. The molecule has 0 atom stereocenters. The molecule has 6 nitrogen and oxygen atoms in total. The molecule has 0 aromatic heterocycles. The van der Waals surface area contributed by atoms with Gasteiger partial charge in [0.2, 0.25) is 0 Å². The Morgan fingerprint density at radius 3 is 2.26 bits per heavy atom. The van der Waals surface area contributed by atoms with E-state index in [4.69, 9.17) is 14.6 Å². The second-order valence-corrected chi connectivity index (χ2v) is 6.16. The molecular weight excluding hydrogens is 348 g/mol. The van der Waals surface area contributed by atoms with Gasteiger partial charge >= 0.3 is 11.9 Å². The summed E-state index contributed by atoms with van der Waals surface area (Å²) >= 11 is 0. The Kier molecular flexibility index (Phi) is 7.67. The van der Waals surface area contributed by atoms with E-state index in [1.165, 1.54) is 18.7 Å². The van der Waals surface area contributed by atoms with Crippen molar-refractivity contribution in [1.82, 2.24) is 0 Å². The van der Waals surface area contributed by atoms with Crippen LogP contribution in [-0.2, 0) is 6.42 Å². The van der Waals surface area contributed by atoms with Crippen LogP contribution < -0.4 is 9.47 Å². The van der Waals surface area contributed by atoms with Gasteiger partial charge in [0.05, 0.1) is 19.3 Å². The fraction of sp³-hybridized carbons (Fsp3) is 0.333. The first-order valence-electron chi connectivity index (χ1n) is 8.88. The molecule has 0 radical (unpaired) electrons. The number of benzene rings is 2. The van der Waals surface area contributed by atoms with Crippen LogP contribution in [0.3, 0.4) is 0 Å². The lowest BCUT2D eigenvalue weighted by atomic mass is 10.1. The molecule has 2 rings (SSSR count). The summed E-state index contributed by atoms with van der Waals surface area (Å²) in [6.07, 6.45) is 4.91. The van der Waals surface area contributed by atoms with Crippen LogP contribution in [-0.4, -0.2) is 35.9 Å². The van der Waals surface area contributed by atoms with Crippen LogP contribution in [0.2, 0.25) is 0 Å². The number of aryl methyl sites for hydroxylation is 1. The average Bonchev–Trinajstić information content (AvgIpc) is 2.67. The predicted molar refractivity (Wildman–Crippen MR) is 101 cm³/mol. The zero-order valence-electron chi connectivity index (χ0n) is 15.3. The zero-order valence-corrected chi connectivity index (χ0v) is 15.3. The Labute approximate surface area is 158 Å². The molecule has 0 fully saturated rings. The van der Waals surface area contributed by atoms with Gasteiger partial charge in [0.25, 0.3) is 0 Å². The Balaban J connectivity index is 1.85. The number of carboxylic acids is 2. The minimum Gasteiger partial charge on any atom is -0.493 e. The van der Waals surface area contributed by atoms with Crippen LogP contribution in [0.15, 0.2) is 42.5 Å². The van der Waals surface area contributed by atoms with Crippen molar-refractivity contribution in [2.45, 2.75) is 32.1 Å². The number of hydrogen-bond donors (Lipinski definition) is 2. The van der Waals surface area contributed by atoms with Crippen LogP contribution in [0.25, 0.3) is 0 Å². The average molecular weight is 372 g/mol. The van der Waals surface area contributed by atoms with Gasteiger partial charge in [-0.15, -0.1) is 0 Å². The normalized spacial score (nSPS) is 10.4. The number of carbonyl (C=O) groups is 2. The van der Waals surface area contributed by atoms with Gasteiger partial charge in [-0.05, 0) is 37.0 Å². The maximum Gasteiger partial charge on any atom is 0.339 e. The summed E-state index contributed by atoms with van der Waals surface area (Å²) in [4.78, 5) is 22.6. The lowest BCUT2D eigenvalue weighted by molar-refractivity contribution is 0.0691. The Hall–Kier alpha value is -3.02. The Morgan fingerprint density at radius 2 is 1.63 bits per heavy atom. The number of methoxy groups -OCH3 is 1. The van der Waals surface area contributed by atoms with Gasteiger partial charge in [-0.2, -0.15) is 0 Å². The van der Waals surface area contributed by atoms with E-state index in [2.05, 4.69) is 12.1 Å². The Bertz CT molecular complexity index is 770. The summed E-state index contributed by atoms with van der Waals surface area (Å²) < 4.78 is 10.7. The molecule has 6 heteroatoms. The quantitative estimate of drug-likeness (QED) is 0.572. The molecule has 0 aliphatic rings. The maximum absolute atomic E-state index is 11.4. The molecule has 0 spiro atoms. The van der Waals surface area contributed by atoms with Crippen molar-refractivity contribution in [3.8, 4) is 11.5 Å². The molecule has 2 aromatic rings. The zero-order chi connectivity index (χ0) is 19.6. The number of hydrogen-bond acceptors (Lipinski definition) is 4. The monoisotopic (exact) mass is 372 g/mol. The first-order valence-corrected chi connectivity index (χ1v) is 8.88. The van der Waals surface area contributed by atoms with E-state index in [-0.39, 0.29) is 22.6 Å². The van der Waals surface area contributed by atoms with Crippen LogP contribution in [0.4, 0.5) is 0 Å². The van der Waals surface area contributed by atoms with Gasteiger partial charge in [-0.1, -0.05) is 43.2 Å². The van der Waals surface area contributed by atoms with Gasteiger partial charge in [-0.25, -0.2) is 9.59 Å². The molecule has 2 aromatic carbocycles. The SMILES string of the molecule is COc1cc(C(=O)O)cc(C(=O)O)c1OCCCCCCc1ccccc1. The molecule has 27 heavy (non-hydrogen) atoms. The van der Waals surface area contributed by atoms with E-state index in [1.807, 2.05) is 18.2 Å². The van der Waals surface area contributed by atoms with Crippen molar-refractivity contribution in [2.75, 3.05) is 13.7 Å². The lowest BCUT2D eigenvalue weighted by Crippen LogP contribution is -2.09. The van der Waals surface area contributed by atoms with E-state index in [0.717, 1.165) is 38.2 Å². The highest BCUT2D eigenvalue weighted by Crippen LogP contribution is 2.33.